The van der Waals surface area contributed by atoms with Gasteiger partial charge in [0, 0.05) is 16.1 Å². The minimum atomic E-state index is -0.993. The van der Waals surface area contributed by atoms with E-state index >= 15 is 0 Å². The fourth-order valence-electron chi connectivity index (χ4n) is 2.40. The van der Waals surface area contributed by atoms with Crippen LogP contribution in [0.4, 0.5) is 0 Å². The number of hydrogen-bond acceptors (Lipinski definition) is 4. The van der Waals surface area contributed by atoms with E-state index in [-0.39, 0.29) is 11.5 Å². The van der Waals surface area contributed by atoms with E-state index in [1.165, 1.54) is 6.21 Å². The molecule has 136 valence electrons. The number of furan rings is 1. The molecular weight excluding hydrogens is 368 g/mol. The summed E-state index contributed by atoms with van der Waals surface area (Å²) < 4.78 is 5.64. The SMILES string of the molecule is Cc1ccc(-c2ccc(/C=N\NC(=O)c3ccc(Cl)cc3)o2)cc1C(=O)O. The van der Waals surface area contributed by atoms with Crippen LogP contribution in [-0.2, 0) is 0 Å². The Kier molecular flexibility index (Phi) is 5.38. The number of amides is 1. The van der Waals surface area contributed by atoms with Crippen LogP contribution in [0.3, 0.4) is 0 Å². The third kappa shape index (κ3) is 4.43. The molecule has 0 aliphatic heterocycles. The summed E-state index contributed by atoms with van der Waals surface area (Å²) in [6.45, 7) is 1.73. The minimum Gasteiger partial charge on any atom is -0.478 e. The molecule has 3 aromatic rings. The van der Waals surface area contributed by atoms with Crippen LogP contribution in [0, 0.1) is 6.92 Å². The molecule has 1 amide bonds. The van der Waals surface area contributed by atoms with Crippen LogP contribution in [0.1, 0.15) is 32.0 Å². The zero-order valence-electron chi connectivity index (χ0n) is 14.3. The Morgan fingerprint density at radius 3 is 2.56 bits per heavy atom. The lowest BCUT2D eigenvalue weighted by Crippen LogP contribution is -2.17. The maximum absolute atomic E-state index is 12.0. The number of hydrogen-bond donors (Lipinski definition) is 2. The number of carboxylic acid groups (broad SMARTS) is 1. The number of aryl methyl sites for hydroxylation is 1. The highest BCUT2D eigenvalue weighted by Crippen LogP contribution is 2.24. The van der Waals surface area contributed by atoms with E-state index in [1.807, 2.05) is 0 Å². The van der Waals surface area contributed by atoms with E-state index in [4.69, 9.17) is 16.0 Å². The second-order valence-corrected chi connectivity index (χ2v) is 6.18. The van der Waals surface area contributed by atoms with Crippen molar-refractivity contribution in [2.24, 2.45) is 5.10 Å². The number of carbonyl (C=O) groups is 2. The molecule has 0 saturated heterocycles. The number of carboxylic acids is 1. The smallest absolute Gasteiger partial charge is 0.335 e. The van der Waals surface area contributed by atoms with Crippen LogP contribution < -0.4 is 5.43 Å². The van der Waals surface area contributed by atoms with Gasteiger partial charge in [0.25, 0.3) is 5.91 Å². The van der Waals surface area contributed by atoms with Gasteiger partial charge in [-0.3, -0.25) is 4.79 Å². The molecule has 2 aromatic carbocycles. The summed E-state index contributed by atoms with van der Waals surface area (Å²) >= 11 is 5.78. The van der Waals surface area contributed by atoms with E-state index in [2.05, 4.69) is 10.5 Å². The number of hydrazone groups is 1. The van der Waals surface area contributed by atoms with Crippen molar-refractivity contribution in [3.05, 3.63) is 82.1 Å². The molecule has 3 rings (SSSR count). The van der Waals surface area contributed by atoms with Gasteiger partial charge in [-0.2, -0.15) is 5.10 Å². The first-order chi connectivity index (χ1) is 12.9. The Morgan fingerprint density at radius 1 is 1.11 bits per heavy atom. The monoisotopic (exact) mass is 382 g/mol. The topological polar surface area (TPSA) is 91.9 Å². The predicted molar refractivity (Wildman–Crippen MR) is 102 cm³/mol. The average Bonchev–Trinajstić information content (AvgIpc) is 3.11. The second kappa shape index (κ2) is 7.88. The minimum absolute atomic E-state index is 0.217. The van der Waals surface area contributed by atoms with E-state index in [1.54, 1.807) is 61.5 Å². The van der Waals surface area contributed by atoms with E-state index in [9.17, 15) is 14.7 Å². The van der Waals surface area contributed by atoms with Crippen LogP contribution in [0.15, 0.2) is 64.1 Å². The molecule has 2 N–H and O–H groups in total. The molecule has 0 saturated carbocycles. The molecule has 0 unspecified atom stereocenters. The van der Waals surface area contributed by atoms with Crippen molar-refractivity contribution >= 4 is 29.7 Å². The zero-order chi connectivity index (χ0) is 19.4. The van der Waals surface area contributed by atoms with Crippen LogP contribution in [0.5, 0.6) is 0 Å². The van der Waals surface area contributed by atoms with Crippen molar-refractivity contribution in [2.75, 3.05) is 0 Å². The van der Waals surface area contributed by atoms with Crippen molar-refractivity contribution in [3.63, 3.8) is 0 Å². The quantitative estimate of drug-likeness (QED) is 0.506. The first-order valence-electron chi connectivity index (χ1n) is 7.97. The molecule has 0 atom stereocenters. The van der Waals surface area contributed by atoms with Gasteiger partial charge in [0.15, 0.2) is 0 Å². The second-order valence-electron chi connectivity index (χ2n) is 5.74. The number of nitrogens with one attached hydrogen (secondary N) is 1. The van der Waals surface area contributed by atoms with Crippen LogP contribution >= 0.6 is 11.6 Å². The summed E-state index contributed by atoms with van der Waals surface area (Å²) in [5.74, 6) is -0.450. The number of rotatable bonds is 5. The summed E-state index contributed by atoms with van der Waals surface area (Å²) in [5, 5.41) is 13.6. The standard InChI is InChI=1S/C20H15ClN2O4/c1-12-2-3-14(10-17(12)20(25)26)18-9-8-16(27-18)11-22-23-19(24)13-4-6-15(21)7-5-13/h2-11H,1H3,(H,23,24)(H,25,26)/b22-11-. The molecule has 0 aliphatic rings. The van der Waals surface area contributed by atoms with Crippen LogP contribution in [-0.4, -0.2) is 23.2 Å². The molecule has 0 fully saturated rings. The molecule has 0 aliphatic carbocycles. The average molecular weight is 383 g/mol. The molecule has 1 heterocycles. The van der Waals surface area contributed by atoms with Crippen molar-refractivity contribution in [1.82, 2.24) is 5.43 Å². The van der Waals surface area contributed by atoms with Gasteiger partial charge >= 0.3 is 5.97 Å². The summed E-state index contributed by atoms with van der Waals surface area (Å²) in [6, 6.07) is 14.9. The molecule has 0 spiro atoms. The highest BCUT2D eigenvalue weighted by atomic mass is 35.5. The number of halogens is 1. The lowest BCUT2D eigenvalue weighted by molar-refractivity contribution is 0.0696. The van der Waals surface area contributed by atoms with Gasteiger partial charge in [-0.15, -0.1) is 0 Å². The maximum atomic E-state index is 12.0. The van der Waals surface area contributed by atoms with Crippen LogP contribution in [0.2, 0.25) is 5.02 Å². The highest BCUT2D eigenvalue weighted by molar-refractivity contribution is 6.30. The Labute approximate surface area is 160 Å². The Bertz CT molecular complexity index is 1020. The Morgan fingerprint density at radius 2 is 1.85 bits per heavy atom. The third-order valence-electron chi connectivity index (χ3n) is 3.84. The highest BCUT2D eigenvalue weighted by Gasteiger charge is 2.11. The third-order valence-corrected chi connectivity index (χ3v) is 4.10. The Hall–Kier alpha value is -3.38. The fourth-order valence-corrected chi connectivity index (χ4v) is 2.53. The number of carbonyl (C=O) groups excluding carboxylic acids is 1. The zero-order valence-corrected chi connectivity index (χ0v) is 15.0. The fraction of sp³-hybridized carbons (Fsp3) is 0.0500. The largest absolute Gasteiger partial charge is 0.478 e. The van der Waals surface area contributed by atoms with E-state index in [0.717, 1.165) is 0 Å². The molecule has 0 radical (unpaired) electrons. The molecular formula is C20H15ClN2O4. The lowest BCUT2D eigenvalue weighted by atomic mass is 10.0. The van der Waals surface area contributed by atoms with Gasteiger partial charge in [0.1, 0.15) is 11.5 Å². The molecule has 1 aromatic heterocycles. The molecule has 6 nitrogen and oxygen atoms in total. The first kappa shape index (κ1) is 18.4. The van der Waals surface area contributed by atoms with Crippen molar-refractivity contribution in [3.8, 4) is 11.3 Å². The summed E-state index contributed by atoms with van der Waals surface area (Å²) in [7, 11) is 0. The first-order valence-corrected chi connectivity index (χ1v) is 8.35. The van der Waals surface area contributed by atoms with Gasteiger partial charge in [-0.25, -0.2) is 10.2 Å². The number of aromatic carboxylic acids is 1. The summed E-state index contributed by atoms with van der Waals surface area (Å²) in [5.41, 5.74) is 4.35. The lowest BCUT2D eigenvalue weighted by Gasteiger charge is -2.03. The van der Waals surface area contributed by atoms with Crippen molar-refractivity contribution in [2.45, 2.75) is 6.92 Å². The summed E-state index contributed by atoms with van der Waals surface area (Å²) in [6.07, 6.45) is 1.36. The van der Waals surface area contributed by atoms with E-state index in [0.29, 0.717) is 33.2 Å². The molecule has 0 bridgehead atoms. The Balaban J connectivity index is 1.70. The molecule has 27 heavy (non-hydrogen) atoms. The summed E-state index contributed by atoms with van der Waals surface area (Å²) in [4.78, 5) is 23.2. The maximum Gasteiger partial charge on any atom is 0.335 e. The van der Waals surface area contributed by atoms with Gasteiger partial charge < -0.3 is 9.52 Å². The normalized spacial score (nSPS) is 10.9. The van der Waals surface area contributed by atoms with E-state index < -0.39 is 5.97 Å². The van der Waals surface area contributed by atoms with Crippen molar-refractivity contribution < 1.29 is 19.1 Å². The molecule has 7 heteroatoms. The van der Waals surface area contributed by atoms with Gasteiger partial charge in [-0.05, 0) is 55.0 Å². The van der Waals surface area contributed by atoms with Gasteiger partial charge in [-0.1, -0.05) is 23.7 Å². The van der Waals surface area contributed by atoms with Gasteiger partial charge in [0.05, 0.1) is 11.8 Å². The van der Waals surface area contributed by atoms with Crippen LogP contribution in [0.25, 0.3) is 11.3 Å². The van der Waals surface area contributed by atoms with Gasteiger partial charge in [0.2, 0.25) is 0 Å². The van der Waals surface area contributed by atoms with Crippen molar-refractivity contribution in [1.29, 1.82) is 0 Å². The number of nitrogens with zero attached hydrogens (tertiary/aromatic N) is 1. The predicted octanol–water partition coefficient (Wildman–Crippen LogP) is 4.37. The number of benzene rings is 2.